The van der Waals surface area contributed by atoms with E-state index in [-0.39, 0.29) is 11.3 Å². The molecule has 1 unspecified atom stereocenters. The van der Waals surface area contributed by atoms with E-state index in [0.717, 1.165) is 30.6 Å². The average Bonchev–Trinajstić information content (AvgIpc) is 3.33. The number of hydrogen-bond acceptors (Lipinski definition) is 6. The molecule has 4 rings (SSSR count). The smallest absolute Gasteiger partial charge is 0.295 e. The summed E-state index contributed by atoms with van der Waals surface area (Å²) >= 11 is 0. The Hall–Kier alpha value is -3.65. The molecule has 1 atom stereocenters. The predicted molar refractivity (Wildman–Crippen MR) is 139 cm³/mol. The molecule has 8 heteroatoms. The van der Waals surface area contributed by atoms with Crippen molar-refractivity contribution in [1.82, 2.24) is 19.2 Å². The van der Waals surface area contributed by atoms with Gasteiger partial charge in [-0.05, 0) is 57.3 Å². The third kappa shape index (κ3) is 4.99. The Bertz CT molecular complexity index is 1280. The van der Waals surface area contributed by atoms with Gasteiger partial charge in [-0.15, -0.1) is 0 Å². The van der Waals surface area contributed by atoms with Gasteiger partial charge in [0.2, 0.25) is 0 Å². The van der Waals surface area contributed by atoms with E-state index in [1.54, 1.807) is 22.4 Å². The summed E-state index contributed by atoms with van der Waals surface area (Å²) in [5, 5.41) is 11.5. The van der Waals surface area contributed by atoms with Crippen LogP contribution in [0.3, 0.4) is 0 Å². The molecule has 1 N–H and O–H groups in total. The number of imidazole rings is 1. The molecule has 3 heterocycles. The van der Waals surface area contributed by atoms with Crippen LogP contribution in [0.15, 0.2) is 54.2 Å². The van der Waals surface area contributed by atoms with Crippen molar-refractivity contribution in [3.63, 3.8) is 0 Å². The average molecular weight is 491 g/mol. The van der Waals surface area contributed by atoms with E-state index in [0.29, 0.717) is 36.7 Å². The van der Waals surface area contributed by atoms with Crippen LogP contribution in [0.5, 0.6) is 5.75 Å². The van der Waals surface area contributed by atoms with Crippen LogP contribution in [0.4, 0.5) is 0 Å². The molecule has 190 valence electrons. The first kappa shape index (κ1) is 25.4. The van der Waals surface area contributed by atoms with Crippen LogP contribution in [0, 0.1) is 6.92 Å². The molecule has 2 aromatic heterocycles. The summed E-state index contributed by atoms with van der Waals surface area (Å²) < 4.78 is 7.58. The molecule has 1 fully saturated rings. The van der Waals surface area contributed by atoms with Gasteiger partial charge in [0.25, 0.3) is 11.7 Å². The topological polar surface area (TPSA) is 87.4 Å². The lowest BCUT2D eigenvalue weighted by molar-refractivity contribution is -0.140. The lowest BCUT2D eigenvalue weighted by atomic mass is 9.96. The Morgan fingerprint density at radius 1 is 1.11 bits per heavy atom. The van der Waals surface area contributed by atoms with E-state index in [1.165, 1.54) is 0 Å². The summed E-state index contributed by atoms with van der Waals surface area (Å²) in [5.41, 5.74) is 2.45. The highest BCUT2D eigenvalue weighted by Gasteiger charge is 2.46. The van der Waals surface area contributed by atoms with Crippen LogP contribution in [0.2, 0.25) is 0 Å². The maximum atomic E-state index is 13.3. The lowest BCUT2D eigenvalue weighted by Gasteiger charge is -2.26. The van der Waals surface area contributed by atoms with E-state index in [2.05, 4.69) is 11.9 Å². The third-order valence-electron chi connectivity index (χ3n) is 6.47. The number of aromatic nitrogens is 2. The minimum atomic E-state index is -0.715. The van der Waals surface area contributed by atoms with Gasteiger partial charge in [-0.1, -0.05) is 38.0 Å². The van der Waals surface area contributed by atoms with Gasteiger partial charge in [-0.25, -0.2) is 4.98 Å². The molecule has 1 saturated heterocycles. The zero-order chi connectivity index (χ0) is 25.8. The number of amides is 1. The number of carbonyl (C=O) groups is 2. The number of aryl methyl sites for hydroxylation is 1. The lowest BCUT2D eigenvalue weighted by Crippen LogP contribution is -2.35. The molecule has 1 amide bonds. The number of aliphatic hydroxyl groups excluding tert-OH is 1. The Morgan fingerprint density at radius 3 is 2.56 bits per heavy atom. The molecule has 0 saturated carbocycles. The number of aliphatic hydroxyl groups is 1. The maximum absolute atomic E-state index is 13.3. The number of Topliss-reactive ketones (excluding diaryl/α,β-unsaturated/α-hetero) is 1. The number of fused-ring (bicyclic) bond motifs is 1. The van der Waals surface area contributed by atoms with Crippen molar-refractivity contribution in [2.45, 2.75) is 39.2 Å². The van der Waals surface area contributed by atoms with E-state index in [4.69, 9.17) is 4.74 Å². The van der Waals surface area contributed by atoms with E-state index in [1.807, 2.05) is 61.5 Å². The highest BCUT2D eigenvalue weighted by molar-refractivity contribution is 6.46. The van der Waals surface area contributed by atoms with Crippen LogP contribution in [-0.4, -0.2) is 69.8 Å². The second-order valence-corrected chi connectivity index (χ2v) is 9.40. The second-order valence-electron chi connectivity index (χ2n) is 9.40. The van der Waals surface area contributed by atoms with Gasteiger partial charge in [0, 0.05) is 19.3 Å². The predicted octanol–water partition coefficient (Wildman–Crippen LogP) is 4.20. The van der Waals surface area contributed by atoms with Crippen molar-refractivity contribution < 1.29 is 19.4 Å². The van der Waals surface area contributed by atoms with Crippen molar-refractivity contribution in [1.29, 1.82) is 0 Å². The third-order valence-corrected chi connectivity index (χ3v) is 6.47. The van der Waals surface area contributed by atoms with E-state index < -0.39 is 17.7 Å². The number of likely N-dealkylation sites (tertiary alicyclic amines) is 1. The molecule has 8 nitrogen and oxygen atoms in total. The quantitative estimate of drug-likeness (QED) is 0.198. The van der Waals surface area contributed by atoms with Crippen LogP contribution in [0.1, 0.15) is 49.2 Å². The molecule has 0 radical (unpaired) electrons. The molecule has 1 aliphatic heterocycles. The minimum Gasteiger partial charge on any atom is -0.505 e. The number of rotatable bonds is 10. The molecule has 3 aromatic rings. The van der Waals surface area contributed by atoms with Crippen LogP contribution in [-0.2, 0) is 9.59 Å². The maximum Gasteiger partial charge on any atom is 0.295 e. The van der Waals surface area contributed by atoms with Gasteiger partial charge in [0.1, 0.15) is 17.1 Å². The first-order valence-corrected chi connectivity index (χ1v) is 12.4. The monoisotopic (exact) mass is 490 g/mol. The van der Waals surface area contributed by atoms with Gasteiger partial charge in [0.15, 0.2) is 5.76 Å². The molecule has 0 spiro atoms. The molecule has 0 bridgehead atoms. The fraction of sp³-hybridized carbons (Fsp3) is 0.393. The molecule has 1 aliphatic rings. The Kier molecular flexibility index (Phi) is 7.74. The van der Waals surface area contributed by atoms with Gasteiger partial charge in [-0.2, -0.15) is 0 Å². The summed E-state index contributed by atoms with van der Waals surface area (Å²) in [6.07, 6.45) is 5.01. The van der Waals surface area contributed by atoms with Crippen LogP contribution < -0.4 is 4.74 Å². The van der Waals surface area contributed by atoms with Crippen LogP contribution >= 0.6 is 0 Å². The second kappa shape index (κ2) is 11.0. The molecule has 0 aliphatic carbocycles. The first-order chi connectivity index (χ1) is 17.3. The SMILES string of the molecule is CCCCCOc1ccc(C2C(=C(O)c3c(C)nc4ccccn34)C(=O)C(=O)N2CCN(C)C)cc1. The highest BCUT2D eigenvalue weighted by Crippen LogP contribution is 2.40. The Morgan fingerprint density at radius 2 is 1.86 bits per heavy atom. The van der Waals surface area contributed by atoms with Crippen molar-refractivity contribution in [3.05, 3.63) is 71.2 Å². The molecule has 1 aromatic carbocycles. The Balaban J connectivity index is 1.77. The number of hydrogen-bond donors (Lipinski definition) is 1. The van der Waals surface area contributed by atoms with Crippen LogP contribution in [0.25, 0.3) is 11.4 Å². The number of pyridine rings is 1. The minimum absolute atomic E-state index is 0.0733. The van der Waals surface area contributed by atoms with E-state index >= 15 is 0 Å². The highest BCUT2D eigenvalue weighted by atomic mass is 16.5. The zero-order valence-electron chi connectivity index (χ0n) is 21.4. The zero-order valence-corrected chi connectivity index (χ0v) is 21.4. The molecular formula is C28H34N4O4. The number of unbranched alkanes of at least 4 members (excludes halogenated alkanes) is 2. The number of benzene rings is 1. The van der Waals surface area contributed by atoms with Crippen molar-refractivity contribution in [2.75, 3.05) is 33.8 Å². The summed E-state index contributed by atoms with van der Waals surface area (Å²) in [7, 11) is 3.83. The fourth-order valence-corrected chi connectivity index (χ4v) is 4.58. The van der Waals surface area contributed by atoms with Gasteiger partial charge in [0.05, 0.1) is 23.9 Å². The number of ketones is 1. The van der Waals surface area contributed by atoms with Crippen molar-refractivity contribution >= 4 is 23.1 Å². The van der Waals surface area contributed by atoms with E-state index in [9.17, 15) is 14.7 Å². The van der Waals surface area contributed by atoms with Gasteiger partial charge >= 0.3 is 0 Å². The number of carbonyl (C=O) groups excluding carboxylic acids is 2. The largest absolute Gasteiger partial charge is 0.505 e. The molecule has 36 heavy (non-hydrogen) atoms. The van der Waals surface area contributed by atoms with Crippen molar-refractivity contribution in [3.8, 4) is 5.75 Å². The van der Waals surface area contributed by atoms with Crippen molar-refractivity contribution in [2.24, 2.45) is 0 Å². The first-order valence-electron chi connectivity index (χ1n) is 12.4. The normalized spacial score (nSPS) is 17.5. The summed E-state index contributed by atoms with van der Waals surface area (Å²) in [6, 6.07) is 12.2. The standard InChI is InChI=1S/C28H34N4O4/c1-5-6-9-18-36-21-13-11-20(12-14-21)25-23(27(34)28(35)32(25)17-16-30(3)4)26(33)24-19(2)29-22-10-7-8-15-31(22)24/h7-8,10-15,25,33H,5-6,9,16-18H2,1-4H3. The Labute approximate surface area is 211 Å². The number of ether oxygens (including phenoxy) is 1. The fourth-order valence-electron chi connectivity index (χ4n) is 4.58. The summed E-state index contributed by atoms with van der Waals surface area (Å²) in [5.74, 6) is -0.796. The number of nitrogens with zero attached hydrogens (tertiary/aromatic N) is 4. The number of likely N-dealkylation sites (N-methyl/N-ethyl adjacent to an activating group) is 1. The molecular weight excluding hydrogens is 456 g/mol. The summed E-state index contributed by atoms with van der Waals surface area (Å²) in [6.45, 7) is 5.50. The van der Waals surface area contributed by atoms with Gasteiger partial charge in [-0.3, -0.25) is 14.0 Å². The van der Waals surface area contributed by atoms with Gasteiger partial charge < -0.3 is 19.6 Å². The summed E-state index contributed by atoms with van der Waals surface area (Å²) in [4.78, 5) is 34.5.